The maximum absolute atomic E-state index is 9.84. The van der Waals surface area contributed by atoms with Gasteiger partial charge in [-0.3, -0.25) is 4.79 Å². The van der Waals surface area contributed by atoms with Crippen LogP contribution in [0, 0.1) is 5.92 Å². The van der Waals surface area contributed by atoms with Crippen molar-refractivity contribution in [3.8, 4) is 0 Å². The molecule has 0 saturated heterocycles. The smallest absolute Gasteiger partial charge is 0.309 e. The molecule has 1 atom stereocenters. The van der Waals surface area contributed by atoms with E-state index in [2.05, 4.69) is 26.1 Å². The van der Waals surface area contributed by atoms with Gasteiger partial charge in [0.25, 0.3) is 0 Å². The van der Waals surface area contributed by atoms with E-state index in [4.69, 9.17) is 0 Å². The van der Waals surface area contributed by atoms with E-state index in [1.54, 1.807) is 6.41 Å². The summed E-state index contributed by atoms with van der Waals surface area (Å²) in [5.41, 5.74) is 0. The molecule has 1 amide bonds. The van der Waals surface area contributed by atoms with Crippen molar-refractivity contribution in [3.05, 3.63) is 0 Å². The number of hydrogen-bond acceptors (Lipinski definition) is 1. The summed E-state index contributed by atoms with van der Waals surface area (Å²) in [6, 6.07) is 0.294. The van der Waals surface area contributed by atoms with E-state index < -0.39 is 0 Å². The topological polar surface area (TPSA) is 29.1 Å². The molecule has 0 aromatic heterocycles. The SMILES string of the molecule is CCC(N[C]=O)C(C)C. The lowest BCUT2D eigenvalue weighted by atomic mass is 10.0. The summed E-state index contributed by atoms with van der Waals surface area (Å²) >= 11 is 0. The van der Waals surface area contributed by atoms with Crippen molar-refractivity contribution < 1.29 is 4.79 Å². The molecular formula is C7H14NO. The standard InChI is InChI=1S/C7H14NO/c1-4-7(6(2)3)8-5-9/h6-7H,4H2,1-3H3,(H,8,9). The van der Waals surface area contributed by atoms with Gasteiger partial charge in [0.2, 0.25) is 0 Å². The predicted molar refractivity (Wildman–Crippen MR) is 37.7 cm³/mol. The minimum absolute atomic E-state index is 0.294. The third-order valence-corrected chi connectivity index (χ3v) is 1.49. The highest BCUT2D eigenvalue weighted by Crippen LogP contribution is 2.03. The summed E-state index contributed by atoms with van der Waals surface area (Å²) < 4.78 is 0. The van der Waals surface area contributed by atoms with Crippen molar-refractivity contribution in [2.24, 2.45) is 5.92 Å². The molecule has 9 heavy (non-hydrogen) atoms. The van der Waals surface area contributed by atoms with E-state index in [0.717, 1.165) is 6.42 Å². The van der Waals surface area contributed by atoms with Crippen molar-refractivity contribution in [2.45, 2.75) is 33.2 Å². The maximum atomic E-state index is 9.84. The lowest BCUT2D eigenvalue weighted by Crippen LogP contribution is -2.31. The summed E-state index contributed by atoms with van der Waals surface area (Å²) in [6.45, 7) is 6.21. The number of carbonyl (C=O) groups excluding carboxylic acids is 1. The van der Waals surface area contributed by atoms with Crippen LogP contribution in [-0.4, -0.2) is 12.5 Å². The number of amides is 1. The van der Waals surface area contributed by atoms with E-state index in [0.29, 0.717) is 12.0 Å². The van der Waals surface area contributed by atoms with Crippen molar-refractivity contribution >= 4 is 6.41 Å². The monoisotopic (exact) mass is 128 g/mol. The van der Waals surface area contributed by atoms with Crippen LogP contribution in [0.3, 0.4) is 0 Å². The van der Waals surface area contributed by atoms with Crippen molar-refractivity contribution in [2.75, 3.05) is 0 Å². The number of hydrogen-bond donors (Lipinski definition) is 1. The second kappa shape index (κ2) is 4.36. The molecule has 0 aliphatic rings. The van der Waals surface area contributed by atoms with Crippen LogP contribution in [0.5, 0.6) is 0 Å². The van der Waals surface area contributed by atoms with Crippen molar-refractivity contribution in [3.63, 3.8) is 0 Å². The molecule has 53 valence electrons. The highest BCUT2D eigenvalue weighted by atomic mass is 16.1. The van der Waals surface area contributed by atoms with Gasteiger partial charge in [-0.05, 0) is 12.3 Å². The normalized spacial score (nSPS) is 13.3. The Labute approximate surface area is 56.6 Å². The van der Waals surface area contributed by atoms with Gasteiger partial charge in [0, 0.05) is 6.04 Å². The van der Waals surface area contributed by atoms with Crippen molar-refractivity contribution in [1.29, 1.82) is 0 Å². The van der Waals surface area contributed by atoms with Crippen LogP contribution in [0.25, 0.3) is 0 Å². The first-order chi connectivity index (χ1) is 4.22. The summed E-state index contributed by atoms with van der Waals surface area (Å²) in [7, 11) is 0. The molecule has 0 bridgehead atoms. The molecule has 1 unspecified atom stereocenters. The van der Waals surface area contributed by atoms with Gasteiger partial charge in [-0.2, -0.15) is 0 Å². The minimum Gasteiger partial charge on any atom is -0.345 e. The zero-order valence-corrected chi connectivity index (χ0v) is 6.27. The molecule has 1 N–H and O–H groups in total. The molecule has 0 aromatic carbocycles. The highest BCUT2D eigenvalue weighted by molar-refractivity contribution is 5.47. The Kier molecular flexibility index (Phi) is 4.10. The molecule has 0 spiro atoms. The van der Waals surface area contributed by atoms with Gasteiger partial charge in [-0.25, -0.2) is 0 Å². The Hall–Kier alpha value is -0.530. The van der Waals surface area contributed by atoms with Gasteiger partial charge in [-0.1, -0.05) is 20.8 Å². The van der Waals surface area contributed by atoms with E-state index in [9.17, 15) is 4.79 Å². The van der Waals surface area contributed by atoms with Gasteiger partial charge < -0.3 is 5.32 Å². The van der Waals surface area contributed by atoms with E-state index in [1.807, 2.05) is 0 Å². The highest BCUT2D eigenvalue weighted by Gasteiger charge is 2.07. The summed E-state index contributed by atoms with van der Waals surface area (Å²) in [5, 5.41) is 2.63. The van der Waals surface area contributed by atoms with Gasteiger partial charge >= 0.3 is 6.41 Å². The maximum Gasteiger partial charge on any atom is 0.309 e. The molecule has 0 aromatic rings. The first-order valence-electron chi connectivity index (χ1n) is 3.35. The van der Waals surface area contributed by atoms with Crippen LogP contribution in [0.15, 0.2) is 0 Å². The Bertz CT molecular complexity index is 81.0. The zero-order valence-electron chi connectivity index (χ0n) is 6.27. The summed E-state index contributed by atoms with van der Waals surface area (Å²) in [5.74, 6) is 0.511. The van der Waals surface area contributed by atoms with E-state index in [-0.39, 0.29) is 0 Å². The fourth-order valence-electron chi connectivity index (χ4n) is 0.816. The van der Waals surface area contributed by atoms with Crippen LogP contribution in [-0.2, 0) is 4.79 Å². The summed E-state index contributed by atoms with van der Waals surface area (Å²) in [6.07, 6.45) is 2.68. The van der Waals surface area contributed by atoms with Crippen LogP contribution in [0.1, 0.15) is 27.2 Å². The molecule has 0 aliphatic heterocycles. The number of nitrogens with one attached hydrogen (secondary N) is 1. The van der Waals surface area contributed by atoms with E-state index >= 15 is 0 Å². The summed E-state index contributed by atoms with van der Waals surface area (Å²) in [4.78, 5) is 9.84. The lowest BCUT2D eigenvalue weighted by Gasteiger charge is -2.16. The van der Waals surface area contributed by atoms with Crippen LogP contribution in [0.2, 0.25) is 0 Å². The molecular weight excluding hydrogens is 114 g/mol. The first kappa shape index (κ1) is 8.47. The Morgan fingerprint density at radius 1 is 1.56 bits per heavy atom. The molecule has 0 heterocycles. The molecule has 0 fully saturated rings. The second-order valence-electron chi connectivity index (χ2n) is 2.51. The molecule has 0 saturated carbocycles. The molecule has 1 radical (unpaired) electrons. The fourth-order valence-corrected chi connectivity index (χ4v) is 0.816. The predicted octanol–water partition coefficient (Wildman–Crippen LogP) is 1.08. The Morgan fingerprint density at radius 2 is 2.11 bits per heavy atom. The third kappa shape index (κ3) is 3.12. The lowest BCUT2D eigenvalue weighted by molar-refractivity contribution is 0.425. The first-order valence-corrected chi connectivity index (χ1v) is 3.35. The average Bonchev–Trinajstić information content (AvgIpc) is 1.82. The van der Waals surface area contributed by atoms with Crippen LogP contribution < -0.4 is 5.32 Å². The van der Waals surface area contributed by atoms with Gasteiger partial charge in [-0.15, -0.1) is 0 Å². The van der Waals surface area contributed by atoms with Crippen LogP contribution >= 0.6 is 0 Å². The van der Waals surface area contributed by atoms with Gasteiger partial charge in [0.05, 0.1) is 0 Å². The molecule has 0 rings (SSSR count). The minimum atomic E-state index is 0.294. The quantitative estimate of drug-likeness (QED) is 0.564. The molecule has 0 aliphatic carbocycles. The van der Waals surface area contributed by atoms with E-state index in [1.165, 1.54) is 0 Å². The van der Waals surface area contributed by atoms with Crippen LogP contribution in [0.4, 0.5) is 0 Å². The van der Waals surface area contributed by atoms with Gasteiger partial charge in [0.15, 0.2) is 0 Å². The second-order valence-corrected chi connectivity index (χ2v) is 2.51. The molecule has 2 heteroatoms. The third-order valence-electron chi connectivity index (χ3n) is 1.49. The Balaban J connectivity index is 3.53. The zero-order chi connectivity index (χ0) is 7.28. The Morgan fingerprint density at radius 3 is 2.22 bits per heavy atom. The van der Waals surface area contributed by atoms with Crippen molar-refractivity contribution in [1.82, 2.24) is 5.32 Å². The fraction of sp³-hybridized carbons (Fsp3) is 0.857. The number of rotatable bonds is 4. The average molecular weight is 128 g/mol. The molecule has 2 nitrogen and oxygen atoms in total. The largest absolute Gasteiger partial charge is 0.345 e. The van der Waals surface area contributed by atoms with Gasteiger partial charge in [0.1, 0.15) is 0 Å².